The number of halogens is 3. The fourth-order valence-electron chi connectivity index (χ4n) is 3.49. The Morgan fingerprint density at radius 2 is 1.73 bits per heavy atom. The first kappa shape index (κ1) is 15.1. The molecule has 0 saturated heterocycles. The van der Waals surface area contributed by atoms with Crippen LogP contribution in [0.5, 0.6) is 0 Å². The van der Waals surface area contributed by atoms with Gasteiger partial charge in [0.2, 0.25) is 5.60 Å². The lowest BCUT2D eigenvalue weighted by Crippen LogP contribution is -2.41. The normalized spacial score (nSPS) is 20.0. The summed E-state index contributed by atoms with van der Waals surface area (Å²) in [6.07, 6.45) is -4.14. The summed E-state index contributed by atoms with van der Waals surface area (Å²) in [5.41, 5.74) is 0.620. The molecule has 0 heterocycles. The topological polar surface area (TPSA) is 20.2 Å². The lowest BCUT2D eigenvalue weighted by molar-refractivity contribution is -0.246. The second kappa shape index (κ2) is 4.59. The van der Waals surface area contributed by atoms with E-state index < -0.39 is 11.8 Å². The van der Waals surface area contributed by atoms with Crippen molar-refractivity contribution < 1.29 is 18.3 Å². The van der Waals surface area contributed by atoms with Crippen LogP contribution in [-0.4, -0.2) is 11.3 Å². The molecule has 1 aliphatic rings. The number of aliphatic hydroxyl groups is 1. The van der Waals surface area contributed by atoms with Gasteiger partial charge < -0.3 is 5.11 Å². The van der Waals surface area contributed by atoms with Crippen LogP contribution < -0.4 is 0 Å². The van der Waals surface area contributed by atoms with Crippen LogP contribution >= 0.6 is 0 Å². The van der Waals surface area contributed by atoms with Crippen LogP contribution in [0.1, 0.15) is 34.7 Å². The van der Waals surface area contributed by atoms with Crippen LogP contribution in [0.15, 0.2) is 30.3 Å². The Balaban J connectivity index is 2.50. The fraction of sp³-hybridized carbons (Fsp3) is 0.333. The predicted octanol–water partition coefficient (Wildman–Crippen LogP) is 4.64. The number of hydrogen-bond donors (Lipinski definition) is 1. The molecule has 1 N–H and O–H groups in total. The van der Waals surface area contributed by atoms with Crippen LogP contribution in [0.3, 0.4) is 0 Å². The Labute approximate surface area is 127 Å². The van der Waals surface area contributed by atoms with Gasteiger partial charge in [-0.25, -0.2) is 0 Å². The summed E-state index contributed by atoms with van der Waals surface area (Å²) in [6, 6.07) is 7.75. The first-order chi connectivity index (χ1) is 10.2. The molecular formula is C18H17F3O. The number of aryl methyl sites for hydroxylation is 1. The van der Waals surface area contributed by atoms with Gasteiger partial charge in [-0.2, -0.15) is 13.2 Å². The van der Waals surface area contributed by atoms with E-state index in [1.807, 2.05) is 13.8 Å². The second-order valence-electron chi connectivity index (χ2n) is 5.83. The number of hydrogen-bond acceptors (Lipinski definition) is 1. The van der Waals surface area contributed by atoms with Gasteiger partial charge in [-0.15, -0.1) is 0 Å². The highest BCUT2D eigenvalue weighted by molar-refractivity contribution is 5.84. The summed E-state index contributed by atoms with van der Waals surface area (Å²) in [5.74, 6) is 0. The van der Waals surface area contributed by atoms with E-state index in [-0.39, 0.29) is 11.1 Å². The van der Waals surface area contributed by atoms with Crippen LogP contribution in [0, 0.1) is 13.8 Å². The molecule has 4 heteroatoms. The van der Waals surface area contributed by atoms with Gasteiger partial charge in [-0.1, -0.05) is 37.3 Å². The van der Waals surface area contributed by atoms with Gasteiger partial charge in [-0.3, -0.25) is 0 Å². The van der Waals surface area contributed by atoms with Crippen LogP contribution in [-0.2, 0) is 12.0 Å². The molecule has 0 fully saturated rings. The third-order valence-corrected chi connectivity index (χ3v) is 4.72. The van der Waals surface area contributed by atoms with Crippen molar-refractivity contribution in [2.75, 3.05) is 0 Å². The van der Waals surface area contributed by atoms with Gasteiger partial charge in [0.05, 0.1) is 0 Å². The molecule has 22 heavy (non-hydrogen) atoms. The maximum atomic E-state index is 13.7. The molecule has 0 saturated carbocycles. The number of alkyl halides is 3. The molecule has 0 aliphatic heterocycles. The summed E-state index contributed by atoms with van der Waals surface area (Å²) >= 11 is 0. The smallest absolute Gasteiger partial charge is 0.372 e. The SMILES string of the molecule is CCc1c(C)c(C)cc2c1-c1ccccc1C2(O)C(F)(F)F. The molecule has 116 valence electrons. The van der Waals surface area contributed by atoms with Crippen molar-refractivity contribution in [3.63, 3.8) is 0 Å². The Morgan fingerprint density at radius 1 is 1.09 bits per heavy atom. The minimum absolute atomic E-state index is 0.0406. The zero-order chi connectivity index (χ0) is 16.3. The van der Waals surface area contributed by atoms with Gasteiger partial charge in [0.1, 0.15) is 0 Å². The summed E-state index contributed by atoms with van der Waals surface area (Å²) in [4.78, 5) is 0. The summed E-state index contributed by atoms with van der Waals surface area (Å²) in [6.45, 7) is 5.63. The molecule has 2 aromatic carbocycles. The van der Waals surface area contributed by atoms with Gasteiger partial charge in [0.25, 0.3) is 0 Å². The van der Waals surface area contributed by atoms with Gasteiger partial charge in [0, 0.05) is 11.1 Å². The molecule has 0 amide bonds. The Hall–Kier alpha value is -1.81. The minimum atomic E-state index is -4.76. The third kappa shape index (κ3) is 1.70. The molecule has 0 aromatic heterocycles. The monoisotopic (exact) mass is 306 g/mol. The van der Waals surface area contributed by atoms with Crippen molar-refractivity contribution in [2.45, 2.75) is 39.0 Å². The average Bonchev–Trinajstić information content (AvgIpc) is 2.71. The molecule has 0 radical (unpaired) electrons. The van der Waals surface area contributed by atoms with Crippen molar-refractivity contribution in [3.05, 3.63) is 58.1 Å². The lowest BCUT2D eigenvalue weighted by Gasteiger charge is -2.29. The van der Waals surface area contributed by atoms with E-state index >= 15 is 0 Å². The first-order valence-electron chi connectivity index (χ1n) is 7.26. The zero-order valence-corrected chi connectivity index (χ0v) is 12.7. The molecule has 1 aliphatic carbocycles. The van der Waals surface area contributed by atoms with Gasteiger partial charge >= 0.3 is 6.18 Å². The summed E-state index contributed by atoms with van der Waals surface area (Å²) < 4.78 is 41.2. The van der Waals surface area contributed by atoms with E-state index in [0.717, 1.165) is 16.7 Å². The molecule has 0 bridgehead atoms. The van der Waals surface area contributed by atoms with Crippen LogP contribution in [0.4, 0.5) is 13.2 Å². The van der Waals surface area contributed by atoms with Crippen molar-refractivity contribution in [1.82, 2.24) is 0 Å². The fourth-order valence-corrected chi connectivity index (χ4v) is 3.49. The van der Waals surface area contributed by atoms with E-state index in [1.165, 1.54) is 18.2 Å². The largest absolute Gasteiger partial charge is 0.425 e. The first-order valence-corrected chi connectivity index (χ1v) is 7.26. The summed E-state index contributed by atoms with van der Waals surface area (Å²) in [5, 5.41) is 10.6. The van der Waals surface area contributed by atoms with Crippen molar-refractivity contribution in [2.24, 2.45) is 0 Å². The number of benzene rings is 2. The van der Waals surface area contributed by atoms with E-state index in [0.29, 0.717) is 17.5 Å². The summed E-state index contributed by atoms with van der Waals surface area (Å²) in [7, 11) is 0. The Morgan fingerprint density at radius 3 is 2.32 bits per heavy atom. The molecule has 1 atom stereocenters. The van der Waals surface area contributed by atoms with Crippen LogP contribution in [0.2, 0.25) is 0 Å². The van der Waals surface area contributed by atoms with E-state index in [4.69, 9.17) is 0 Å². The molecular weight excluding hydrogens is 289 g/mol. The number of rotatable bonds is 1. The quantitative estimate of drug-likeness (QED) is 0.813. The van der Waals surface area contributed by atoms with Crippen molar-refractivity contribution in [1.29, 1.82) is 0 Å². The Kier molecular flexibility index (Phi) is 3.15. The minimum Gasteiger partial charge on any atom is -0.372 e. The predicted molar refractivity (Wildman–Crippen MR) is 79.8 cm³/mol. The number of fused-ring (bicyclic) bond motifs is 3. The van der Waals surface area contributed by atoms with Crippen molar-refractivity contribution >= 4 is 0 Å². The van der Waals surface area contributed by atoms with Crippen molar-refractivity contribution in [3.8, 4) is 11.1 Å². The molecule has 0 spiro atoms. The van der Waals surface area contributed by atoms with E-state index in [9.17, 15) is 18.3 Å². The third-order valence-electron chi connectivity index (χ3n) is 4.72. The zero-order valence-electron chi connectivity index (χ0n) is 12.7. The average molecular weight is 306 g/mol. The molecule has 1 unspecified atom stereocenters. The van der Waals surface area contributed by atoms with E-state index in [1.54, 1.807) is 19.1 Å². The van der Waals surface area contributed by atoms with Gasteiger partial charge in [0.15, 0.2) is 0 Å². The van der Waals surface area contributed by atoms with Crippen LogP contribution in [0.25, 0.3) is 11.1 Å². The van der Waals surface area contributed by atoms with E-state index in [2.05, 4.69) is 0 Å². The molecule has 2 aromatic rings. The highest BCUT2D eigenvalue weighted by atomic mass is 19.4. The Bertz CT molecular complexity index is 762. The second-order valence-corrected chi connectivity index (χ2v) is 5.83. The highest BCUT2D eigenvalue weighted by Crippen LogP contribution is 2.56. The maximum absolute atomic E-state index is 13.7. The lowest BCUT2D eigenvalue weighted by atomic mass is 9.86. The maximum Gasteiger partial charge on any atom is 0.425 e. The molecule has 1 nitrogen and oxygen atoms in total. The standard InChI is InChI=1S/C18H17F3O/c1-4-12-11(3)10(2)9-15-16(12)13-7-5-6-8-14(13)17(15,22)18(19,20)21/h5-9,22H,4H2,1-3H3. The molecule has 3 rings (SSSR count). The highest BCUT2D eigenvalue weighted by Gasteiger charge is 2.61. The van der Waals surface area contributed by atoms with Gasteiger partial charge in [-0.05, 0) is 48.1 Å².